The van der Waals surface area contributed by atoms with E-state index < -0.39 is 11.6 Å². The largest absolute Gasteiger partial charge is 0.497 e. The van der Waals surface area contributed by atoms with E-state index in [1.165, 1.54) is 0 Å². The maximum Gasteiger partial charge on any atom is 0.134 e. The molecule has 176 valence electrons. The van der Waals surface area contributed by atoms with Crippen LogP contribution >= 0.6 is 0 Å². The lowest BCUT2D eigenvalue weighted by Gasteiger charge is -2.14. The number of hydrogen-bond donors (Lipinski definition) is 1. The zero-order valence-corrected chi connectivity index (χ0v) is 19.5. The first-order valence-corrected chi connectivity index (χ1v) is 11.1. The molecule has 0 bridgehead atoms. The van der Waals surface area contributed by atoms with Crippen molar-refractivity contribution in [3.05, 3.63) is 95.4 Å². The Labute approximate surface area is 201 Å². The SMILES string of the molecule is COc1ccc(Cn2cc3nccc(Nc4cc(-c5cc(F)ccc5F)nc(C)c4C)c3n2)cc1. The minimum absolute atomic E-state index is 0.111. The fraction of sp³-hybridized carbons (Fsp3) is 0.148. The number of ether oxygens (including phenoxy) is 1. The van der Waals surface area contributed by atoms with Gasteiger partial charge in [-0.3, -0.25) is 14.6 Å². The van der Waals surface area contributed by atoms with Crippen LogP contribution in [0.15, 0.2) is 67.0 Å². The second kappa shape index (κ2) is 9.13. The van der Waals surface area contributed by atoms with Crippen molar-refractivity contribution in [1.29, 1.82) is 0 Å². The van der Waals surface area contributed by atoms with E-state index in [0.29, 0.717) is 23.4 Å². The summed E-state index contributed by atoms with van der Waals surface area (Å²) in [6, 6.07) is 14.7. The Kier molecular flexibility index (Phi) is 5.86. The standard InChI is InChI=1S/C27H23F2N5O/c1-16-17(2)31-25(21-12-19(28)6-9-22(21)29)13-24(16)32-23-10-11-30-26-15-34(33-27(23)26)14-18-4-7-20(35-3)8-5-18/h4-13,15H,14H2,1-3H3,(H,31,32). The molecule has 1 N–H and O–H groups in total. The van der Waals surface area contributed by atoms with Crippen molar-refractivity contribution in [3.63, 3.8) is 0 Å². The van der Waals surface area contributed by atoms with Crippen LogP contribution in [0.1, 0.15) is 16.8 Å². The molecular weight excluding hydrogens is 448 g/mol. The van der Waals surface area contributed by atoms with Crippen LogP contribution in [-0.2, 0) is 6.54 Å². The van der Waals surface area contributed by atoms with Crippen LogP contribution in [0.3, 0.4) is 0 Å². The Morgan fingerprint density at radius 2 is 1.77 bits per heavy atom. The summed E-state index contributed by atoms with van der Waals surface area (Å²) in [6.45, 7) is 4.35. The Morgan fingerprint density at radius 1 is 0.971 bits per heavy atom. The van der Waals surface area contributed by atoms with Gasteiger partial charge >= 0.3 is 0 Å². The highest BCUT2D eigenvalue weighted by Crippen LogP contribution is 2.31. The van der Waals surface area contributed by atoms with Gasteiger partial charge in [-0.25, -0.2) is 8.78 Å². The smallest absolute Gasteiger partial charge is 0.134 e. The molecule has 0 amide bonds. The molecule has 0 radical (unpaired) electrons. The number of rotatable bonds is 6. The molecule has 0 fully saturated rings. The summed E-state index contributed by atoms with van der Waals surface area (Å²) in [5.74, 6) is -0.251. The van der Waals surface area contributed by atoms with E-state index in [1.54, 1.807) is 19.4 Å². The van der Waals surface area contributed by atoms with Gasteiger partial charge in [0.25, 0.3) is 0 Å². The van der Waals surface area contributed by atoms with Crippen LogP contribution in [0.5, 0.6) is 5.75 Å². The number of nitrogens with one attached hydrogen (secondary N) is 1. The van der Waals surface area contributed by atoms with E-state index >= 15 is 0 Å². The fourth-order valence-corrected chi connectivity index (χ4v) is 3.91. The van der Waals surface area contributed by atoms with Gasteiger partial charge in [0, 0.05) is 23.1 Å². The van der Waals surface area contributed by atoms with E-state index in [4.69, 9.17) is 9.84 Å². The average Bonchev–Trinajstić information content (AvgIpc) is 3.27. The molecule has 0 saturated carbocycles. The number of hydrogen-bond acceptors (Lipinski definition) is 5. The lowest BCUT2D eigenvalue weighted by Crippen LogP contribution is -2.02. The Hall–Kier alpha value is -4.33. The zero-order chi connectivity index (χ0) is 24.5. The molecule has 0 aliphatic heterocycles. The van der Waals surface area contributed by atoms with Gasteiger partial charge in [0.1, 0.15) is 28.4 Å². The molecule has 8 heteroatoms. The normalized spacial score (nSPS) is 11.1. The number of halogens is 2. The number of aryl methyl sites for hydroxylation is 1. The lowest BCUT2D eigenvalue weighted by atomic mass is 10.1. The summed E-state index contributed by atoms with van der Waals surface area (Å²) in [6.07, 6.45) is 3.60. The molecule has 0 spiro atoms. The molecule has 5 aromatic rings. The van der Waals surface area contributed by atoms with Gasteiger partial charge < -0.3 is 10.1 Å². The molecule has 0 saturated heterocycles. The van der Waals surface area contributed by atoms with Crippen LogP contribution in [-0.4, -0.2) is 26.9 Å². The molecule has 35 heavy (non-hydrogen) atoms. The molecule has 3 aromatic heterocycles. The van der Waals surface area contributed by atoms with E-state index in [2.05, 4.69) is 15.3 Å². The van der Waals surface area contributed by atoms with Crippen molar-refractivity contribution in [2.45, 2.75) is 20.4 Å². The summed E-state index contributed by atoms with van der Waals surface area (Å²) in [5.41, 5.74) is 6.07. The van der Waals surface area contributed by atoms with Crippen LogP contribution in [0.25, 0.3) is 22.3 Å². The van der Waals surface area contributed by atoms with Crippen LogP contribution in [0, 0.1) is 25.5 Å². The fourth-order valence-electron chi connectivity index (χ4n) is 3.91. The summed E-state index contributed by atoms with van der Waals surface area (Å²) in [4.78, 5) is 8.94. The van der Waals surface area contributed by atoms with E-state index in [0.717, 1.165) is 52.0 Å². The van der Waals surface area contributed by atoms with Crippen LogP contribution in [0.4, 0.5) is 20.2 Å². The quantitative estimate of drug-likeness (QED) is 0.320. The van der Waals surface area contributed by atoms with Crippen molar-refractivity contribution in [3.8, 4) is 17.0 Å². The predicted molar refractivity (Wildman–Crippen MR) is 132 cm³/mol. The monoisotopic (exact) mass is 471 g/mol. The third-order valence-corrected chi connectivity index (χ3v) is 5.95. The van der Waals surface area contributed by atoms with Gasteiger partial charge in [0.2, 0.25) is 0 Å². The molecule has 0 unspecified atom stereocenters. The third-order valence-electron chi connectivity index (χ3n) is 5.95. The molecule has 6 nitrogen and oxygen atoms in total. The van der Waals surface area contributed by atoms with E-state index in [1.807, 2.05) is 55.1 Å². The average molecular weight is 472 g/mol. The van der Waals surface area contributed by atoms with Gasteiger partial charge in [-0.2, -0.15) is 5.10 Å². The molecule has 0 aliphatic carbocycles. The maximum absolute atomic E-state index is 14.4. The van der Waals surface area contributed by atoms with Gasteiger partial charge in [-0.1, -0.05) is 12.1 Å². The Morgan fingerprint density at radius 3 is 2.54 bits per heavy atom. The maximum atomic E-state index is 14.4. The first-order valence-electron chi connectivity index (χ1n) is 11.1. The number of methoxy groups -OCH3 is 1. The molecular formula is C27H23F2N5O. The topological polar surface area (TPSA) is 64.9 Å². The van der Waals surface area contributed by atoms with Crippen molar-refractivity contribution >= 4 is 22.4 Å². The number of fused-ring (bicyclic) bond motifs is 1. The van der Waals surface area contributed by atoms with Gasteiger partial charge in [0.05, 0.1) is 31.2 Å². The van der Waals surface area contributed by atoms with Crippen molar-refractivity contribution in [2.24, 2.45) is 0 Å². The predicted octanol–water partition coefficient (Wildman–Crippen LogP) is 6.19. The molecule has 0 atom stereocenters. The summed E-state index contributed by atoms with van der Waals surface area (Å²) in [5, 5.41) is 8.14. The summed E-state index contributed by atoms with van der Waals surface area (Å²) >= 11 is 0. The van der Waals surface area contributed by atoms with Crippen molar-refractivity contribution in [1.82, 2.24) is 19.7 Å². The highest BCUT2D eigenvalue weighted by molar-refractivity contribution is 5.89. The summed E-state index contributed by atoms with van der Waals surface area (Å²) < 4.78 is 35.3. The molecule has 3 heterocycles. The first kappa shape index (κ1) is 22.5. The molecule has 5 rings (SSSR count). The minimum Gasteiger partial charge on any atom is -0.497 e. The number of aromatic nitrogens is 4. The zero-order valence-electron chi connectivity index (χ0n) is 19.5. The first-order chi connectivity index (χ1) is 16.9. The second-order valence-electron chi connectivity index (χ2n) is 8.28. The third kappa shape index (κ3) is 4.55. The summed E-state index contributed by atoms with van der Waals surface area (Å²) in [7, 11) is 1.64. The van der Waals surface area contributed by atoms with E-state index in [-0.39, 0.29) is 5.56 Å². The molecule has 0 aliphatic rings. The second-order valence-corrected chi connectivity index (χ2v) is 8.28. The van der Waals surface area contributed by atoms with Gasteiger partial charge in [-0.15, -0.1) is 0 Å². The van der Waals surface area contributed by atoms with Crippen LogP contribution < -0.4 is 10.1 Å². The van der Waals surface area contributed by atoms with Gasteiger partial charge in [-0.05, 0) is 67.4 Å². The van der Waals surface area contributed by atoms with Crippen LogP contribution in [0.2, 0.25) is 0 Å². The Balaban J connectivity index is 1.49. The number of pyridine rings is 2. The number of benzene rings is 2. The number of anilines is 2. The highest BCUT2D eigenvalue weighted by atomic mass is 19.1. The van der Waals surface area contributed by atoms with Gasteiger partial charge in [0.15, 0.2) is 0 Å². The van der Waals surface area contributed by atoms with Crippen molar-refractivity contribution in [2.75, 3.05) is 12.4 Å². The highest BCUT2D eigenvalue weighted by Gasteiger charge is 2.15. The van der Waals surface area contributed by atoms with Crippen molar-refractivity contribution < 1.29 is 13.5 Å². The number of nitrogens with zero attached hydrogens (tertiary/aromatic N) is 4. The van der Waals surface area contributed by atoms with E-state index in [9.17, 15) is 8.78 Å². The lowest BCUT2D eigenvalue weighted by molar-refractivity contribution is 0.414. The Bertz CT molecular complexity index is 1530. The molecule has 2 aromatic carbocycles. The minimum atomic E-state index is -0.531.